The Bertz CT molecular complexity index is 544. The number of hydrogen-bond donors (Lipinski definition) is 1. The van der Waals surface area contributed by atoms with Gasteiger partial charge in [-0.1, -0.05) is 35.5 Å². The predicted octanol–water partition coefficient (Wildman–Crippen LogP) is 3.23. The van der Waals surface area contributed by atoms with E-state index in [2.05, 4.69) is 26.1 Å². The van der Waals surface area contributed by atoms with Crippen molar-refractivity contribution in [3.05, 3.63) is 58.3 Å². The van der Waals surface area contributed by atoms with Crippen molar-refractivity contribution in [2.24, 2.45) is 5.16 Å². The number of hydrogen-bond acceptors (Lipinski definition) is 4. The zero-order chi connectivity index (χ0) is 12.8. The number of ether oxygens (including phenoxy) is 1. The van der Waals surface area contributed by atoms with Crippen LogP contribution in [0.1, 0.15) is 11.3 Å². The SMILES string of the molecule is O/N=C\c1ccc(OCc2ccccc2)c(Br)n1. The monoisotopic (exact) mass is 306 g/mol. The van der Waals surface area contributed by atoms with Gasteiger partial charge in [-0.25, -0.2) is 4.98 Å². The van der Waals surface area contributed by atoms with E-state index in [1.54, 1.807) is 12.1 Å². The summed E-state index contributed by atoms with van der Waals surface area (Å²) in [5.74, 6) is 0.647. The number of pyridine rings is 1. The smallest absolute Gasteiger partial charge is 0.152 e. The number of oxime groups is 1. The van der Waals surface area contributed by atoms with Gasteiger partial charge in [0.25, 0.3) is 0 Å². The molecule has 2 rings (SSSR count). The van der Waals surface area contributed by atoms with E-state index >= 15 is 0 Å². The minimum Gasteiger partial charge on any atom is -0.486 e. The molecule has 1 aromatic heterocycles. The molecule has 1 aromatic carbocycles. The first kappa shape index (κ1) is 12.6. The van der Waals surface area contributed by atoms with Crippen LogP contribution in [0.25, 0.3) is 0 Å². The summed E-state index contributed by atoms with van der Waals surface area (Å²) in [4.78, 5) is 4.16. The fraction of sp³-hybridized carbons (Fsp3) is 0.0769. The number of halogens is 1. The highest BCUT2D eigenvalue weighted by atomic mass is 79.9. The summed E-state index contributed by atoms with van der Waals surface area (Å²) in [5.41, 5.74) is 1.64. The number of aromatic nitrogens is 1. The summed E-state index contributed by atoms with van der Waals surface area (Å²) in [6.07, 6.45) is 1.26. The van der Waals surface area contributed by atoms with Gasteiger partial charge in [0.05, 0.1) is 11.9 Å². The third-order valence-electron chi connectivity index (χ3n) is 2.26. The third kappa shape index (κ3) is 3.30. The lowest BCUT2D eigenvalue weighted by Crippen LogP contribution is -1.98. The van der Waals surface area contributed by atoms with Crippen LogP contribution in [0.3, 0.4) is 0 Å². The van der Waals surface area contributed by atoms with Crippen LogP contribution in [0.5, 0.6) is 5.75 Å². The molecule has 18 heavy (non-hydrogen) atoms. The molecule has 0 aliphatic carbocycles. The van der Waals surface area contributed by atoms with Gasteiger partial charge in [-0.15, -0.1) is 0 Å². The topological polar surface area (TPSA) is 54.7 Å². The molecule has 0 aliphatic rings. The number of benzene rings is 1. The lowest BCUT2D eigenvalue weighted by molar-refractivity contribution is 0.302. The molecule has 4 nitrogen and oxygen atoms in total. The van der Waals surface area contributed by atoms with Crippen LogP contribution in [-0.4, -0.2) is 16.4 Å². The Kier molecular flexibility index (Phi) is 4.30. The van der Waals surface area contributed by atoms with Crippen LogP contribution < -0.4 is 4.74 Å². The summed E-state index contributed by atoms with van der Waals surface area (Å²) in [7, 11) is 0. The van der Waals surface area contributed by atoms with Gasteiger partial charge in [0.15, 0.2) is 5.75 Å². The molecule has 0 radical (unpaired) electrons. The molecular weight excluding hydrogens is 296 g/mol. The van der Waals surface area contributed by atoms with E-state index in [0.29, 0.717) is 22.7 Å². The van der Waals surface area contributed by atoms with Crippen molar-refractivity contribution in [2.45, 2.75) is 6.61 Å². The van der Waals surface area contributed by atoms with Crippen molar-refractivity contribution >= 4 is 22.1 Å². The predicted molar refractivity (Wildman–Crippen MR) is 72.1 cm³/mol. The van der Waals surface area contributed by atoms with Crippen LogP contribution in [0.4, 0.5) is 0 Å². The van der Waals surface area contributed by atoms with E-state index in [1.807, 2.05) is 30.3 Å². The molecular formula is C13H11BrN2O2. The summed E-state index contributed by atoms with van der Waals surface area (Å²) in [6, 6.07) is 13.4. The maximum atomic E-state index is 8.41. The lowest BCUT2D eigenvalue weighted by atomic mass is 10.2. The molecule has 5 heteroatoms. The molecule has 0 fully saturated rings. The second-order valence-electron chi connectivity index (χ2n) is 3.54. The van der Waals surface area contributed by atoms with E-state index in [4.69, 9.17) is 9.94 Å². The Balaban J connectivity index is 2.06. The van der Waals surface area contributed by atoms with Crippen LogP contribution in [0.2, 0.25) is 0 Å². The third-order valence-corrected chi connectivity index (χ3v) is 2.83. The van der Waals surface area contributed by atoms with Crippen molar-refractivity contribution in [1.29, 1.82) is 0 Å². The van der Waals surface area contributed by atoms with Crippen LogP contribution in [0.15, 0.2) is 52.2 Å². The lowest BCUT2D eigenvalue weighted by Gasteiger charge is -2.07. The van der Waals surface area contributed by atoms with Gasteiger partial charge in [0.1, 0.15) is 11.2 Å². The quantitative estimate of drug-likeness (QED) is 0.408. The van der Waals surface area contributed by atoms with E-state index in [1.165, 1.54) is 6.21 Å². The van der Waals surface area contributed by atoms with Gasteiger partial charge in [-0.05, 0) is 33.6 Å². The zero-order valence-electron chi connectivity index (χ0n) is 9.45. The Morgan fingerprint density at radius 1 is 1.22 bits per heavy atom. The standard InChI is InChI=1S/C13H11BrN2O2/c14-13-12(7-6-11(16-13)8-15-17)18-9-10-4-2-1-3-5-10/h1-8,17H,9H2/b15-8-. The average molecular weight is 307 g/mol. The van der Waals surface area contributed by atoms with Gasteiger partial charge in [0.2, 0.25) is 0 Å². The maximum absolute atomic E-state index is 8.41. The fourth-order valence-corrected chi connectivity index (χ4v) is 1.86. The molecule has 0 unspecified atom stereocenters. The minimum absolute atomic E-state index is 0.481. The normalized spacial score (nSPS) is 10.7. The van der Waals surface area contributed by atoms with Gasteiger partial charge < -0.3 is 9.94 Å². The Hall–Kier alpha value is -1.88. The van der Waals surface area contributed by atoms with Gasteiger partial charge >= 0.3 is 0 Å². The fourth-order valence-electron chi connectivity index (χ4n) is 1.41. The Labute approximate surface area is 113 Å². The molecule has 1 heterocycles. The maximum Gasteiger partial charge on any atom is 0.152 e. The van der Waals surface area contributed by atoms with E-state index in [0.717, 1.165) is 5.56 Å². The van der Waals surface area contributed by atoms with Crippen molar-refractivity contribution in [3.63, 3.8) is 0 Å². The average Bonchev–Trinajstić information content (AvgIpc) is 2.39. The van der Waals surface area contributed by atoms with Crippen molar-refractivity contribution in [1.82, 2.24) is 4.98 Å². The molecule has 0 atom stereocenters. The molecule has 0 bridgehead atoms. The Morgan fingerprint density at radius 3 is 2.67 bits per heavy atom. The largest absolute Gasteiger partial charge is 0.486 e. The van der Waals surface area contributed by atoms with E-state index in [9.17, 15) is 0 Å². The zero-order valence-corrected chi connectivity index (χ0v) is 11.0. The van der Waals surface area contributed by atoms with Crippen molar-refractivity contribution in [2.75, 3.05) is 0 Å². The van der Waals surface area contributed by atoms with Crippen LogP contribution in [-0.2, 0) is 6.61 Å². The van der Waals surface area contributed by atoms with Crippen LogP contribution >= 0.6 is 15.9 Å². The van der Waals surface area contributed by atoms with E-state index in [-0.39, 0.29) is 0 Å². The molecule has 0 saturated heterocycles. The van der Waals surface area contributed by atoms with Gasteiger partial charge in [-0.3, -0.25) is 0 Å². The van der Waals surface area contributed by atoms with Crippen molar-refractivity contribution < 1.29 is 9.94 Å². The van der Waals surface area contributed by atoms with Gasteiger partial charge in [0, 0.05) is 0 Å². The molecule has 0 amide bonds. The molecule has 92 valence electrons. The molecule has 2 aromatic rings. The summed E-state index contributed by atoms with van der Waals surface area (Å²) in [6.45, 7) is 0.481. The molecule has 0 spiro atoms. The highest BCUT2D eigenvalue weighted by Gasteiger charge is 2.03. The minimum atomic E-state index is 0.481. The highest BCUT2D eigenvalue weighted by molar-refractivity contribution is 9.10. The molecule has 1 N–H and O–H groups in total. The summed E-state index contributed by atoms with van der Waals surface area (Å²) < 4.78 is 6.22. The van der Waals surface area contributed by atoms with Crippen molar-refractivity contribution in [3.8, 4) is 5.75 Å². The molecule has 0 saturated carbocycles. The highest BCUT2D eigenvalue weighted by Crippen LogP contribution is 2.23. The number of nitrogens with zero attached hydrogens (tertiary/aromatic N) is 2. The Morgan fingerprint density at radius 2 is 2.00 bits per heavy atom. The van der Waals surface area contributed by atoms with Gasteiger partial charge in [-0.2, -0.15) is 0 Å². The van der Waals surface area contributed by atoms with E-state index < -0.39 is 0 Å². The second-order valence-corrected chi connectivity index (χ2v) is 4.30. The second kappa shape index (κ2) is 6.16. The summed E-state index contributed by atoms with van der Waals surface area (Å²) in [5, 5.41) is 11.3. The molecule has 0 aliphatic heterocycles. The number of rotatable bonds is 4. The summed E-state index contributed by atoms with van der Waals surface area (Å²) >= 11 is 3.31. The first-order valence-corrected chi connectivity index (χ1v) is 6.09. The van der Waals surface area contributed by atoms with Crippen LogP contribution in [0, 0.1) is 0 Å². The first-order chi connectivity index (χ1) is 8.79. The first-order valence-electron chi connectivity index (χ1n) is 5.30.